The van der Waals surface area contributed by atoms with Gasteiger partial charge in [0.1, 0.15) is 11.5 Å². The minimum Gasteiger partial charge on any atom is -0.472 e. The smallest absolute Gasteiger partial charge is 0.271 e. The molecule has 37 heavy (non-hydrogen) atoms. The number of nitrogens with zero attached hydrogens (tertiary/aromatic N) is 5. The number of nitrogens with one attached hydrogen (secondary N) is 2. The highest BCUT2D eigenvalue weighted by atomic mass is 79.9. The average molecular weight is 583 g/mol. The largest absolute Gasteiger partial charge is 0.472 e. The van der Waals surface area contributed by atoms with Gasteiger partial charge in [-0.1, -0.05) is 49.2 Å². The second-order valence-corrected chi connectivity index (χ2v) is 9.71. The maximum Gasteiger partial charge on any atom is 0.271 e. The number of fused-ring (bicyclic) bond motifs is 1. The number of imidazole rings is 1. The number of amides is 1. The van der Waals surface area contributed by atoms with Crippen LogP contribution in [0, 0.1) is 0 Å². The number of tetrazole rings is 1. The van der Waals surface area contributed by atoms with Crippen molar-refractivity contribution in [2.75, 3.05) is 6.54 Å². The fourth-order valence-electron chi connectivity index (χ4n) is 4.61. The van der Waals surface area contributed by atoms with Crippen molar-refractivity contribution >= 4 is 33.4 Å². The highest BCUT2D eigenvalue weighted by Crippen LogP contribution is 2.48. The number of aromatic amines is 1. The minimum absolute atomic E-state index is 0.205. The van der Waals surface area contributed by atoms with E-state index in [1.54, 1.807) is 12.5 Å². The van der Waals surface area contributed by atoms with E-state index in [-0.39, 0.29) is 11.1 Å². The molecule has 2 aliphatic rings. The third kappa shape index (κ3) is 4.67. The second kappa shape index (κ2) is 10.9. The lowest BCUT2D eigenvalue weighted by molar-refractivity contribution is 0.0947. The van der Waals surface area contributed by atoms with Crippen molar-refractivity contribution in [2.45, 2.75) is 39.7 Å². The van der Waals surface area contributed by atoms with Crippen LogP contribution >= 0.6 is 27.5 Å². The SMILES string of the molecule is CCCCc1nc(Cl)c(C(=O)NCC)n1Cc1c2ccocc-2c(Br)c1-c1ccccc1-c1nnn[nH]1. The molecule has 1 aliphatic heterocycles. The van der Waals surface area contributed by atoms with Crippen molar-refractivity contribution in [1.29, 1.82) is 0 Å². The summed E-state index contributed by atoms with van der Waals surface area (Å²) in [7, 11) is 0. The summed E-state index contributed by atoms with van der Waals surface area (Å²) < 4.78 is 8.35. The van der Waals surface area contributed by atoms with E-state index < -0.39 is 0 Å². The molecule has 5 rings (SSSR count). The molecule has 3 aromatic rings. The first-order valence-corrected chi connectivity index (χ1v) is 13.2. The molecule has 1 amide bonds. The number of benzene rings is 1. The van der Waals surface area contributed by atoms with Gasteiger partial charge in [-0.25, -0.2) is 10.1 Å². The summed E-state index contributed by atoms with van der Waals surface area (Å²) in [5, 5.41) is 17.6. The molecule has 0 fully saturated rings. The molecule has 0 bridgehead atoms. The van der Waals surface area contributed by atoms with E-state index in [0.29, 0.717) is 31.0 Å². The van der Waals surface area contributed by atoms with Crippen molar-refractivity contribution in [2.24, 2.45) is 0 Å². The molecule has 9 nitrogen and oxygen atoms in total. The maximum absolute atomic E-state index is 13.1. The Hall–Kier alpha value is -3.50. The van der Waals surface area contributed by atoms with E-state index in [2.05, 4.69) is 53.8 Å². The minimum atomic E-state index is -0.248. The number of rotatable bonds is 9. The molecule has 2 aromatic heterocycles. The zero-order valence-corrected chi connectivity index (χ0v) is 22.7. The van der Waals surface area contributed by atoms with Crippen molar-refractivity contribution in [3.05, 3.63) is 69.6 Å². The molecular weight excluding hydrogens is 558 g/mol. The fraction of sp³-hybridized carbons (Fsp3) is 0.269. The molecule has 1 aromatic carbocycles. The third-order valence-corrected chi connectivity index (χ3v) is 7.38. The Bertz CT molecular complexity index is 1510. The molecule has 11 heteroatoms. The van der Waals surface area contributed by atoms with E-state index >= 15 is 0 Å². The lowest BCUT2D eigenvalue weighted by Gasteiger charge is -2.15. The van der Waals surface area contributed by atoms with Crippen LogP contribution in [0.2, 0.25) is 5.15 Å². The van der Waals surface area contributed by atoms with Gasteiger partial charge in [-0.05, 0) is 62.5 Å². The number of aryl methyl sites for hydroxylation is 1. The molecule has 0 atom stereocenters. The van der Waals surface area contributed by atoms with Crippen LogP contribution in [0.3, 0.4) is 0 Å². The number of halogens is 2. The molecule has 0 radical (unpaired) electrons. The highest BCUT2D eigenvalue weighted by Gasteiger charge is 2.29. The predicted molar refractivity (Wildman–Crippen MR) is 145 cm³/mol. The Morgan fingerprint density at radius 1 is 1.16 bits per heavy atom. The summed E-state index contributed by atoms with van der Waals surface area (Å²) in [5.74, 6) is 1.08. The summed E-state index contributed by atoms with van der Waals surface area (Å²) in [6.07, 6.45) is 6.00. The molecular formula is C26H25BrClN7O2. The van der Waals surface area contributed by atoms with Crippen LogP contribution in [0.4, 0.5) is 0 Å². The van der Waals surface area contributed by atoms with Crippen LogP contribution in [0.15, 0.2) is 51.7 Å². The van der Waals surface area contributed by atoms with E-state index in [9.17, 15) is 4.79 Å². The van der Waals surface area contributed by atoms with Crippen LogP contribution in [-0.4, -0.2) is 42.6 Å². The van der Waals surface area contributed by atoms with Crippen molar-refractivity contribution in [3.8, 4) is 33.6 Å². The van der Waals surface area contributed by atoms with Crippen LogP contribution < -0.4 is 5.32 Å². The van der Waals surface area contributed by atoms with Gasteiger partial charge in [0.05, 0.1) is 19.1 Å². The Kier molecular flexibility index (Phi) is 7.38. The van der Waals surface area contributed by atoms with E-state index in [0.717, 1.165) is 56.5 Å². The molecule has 1 aliphatic carbocycles. The van der Waals surface area contributed by atoms with Gasteiger partial charge in [0.15, 0.2) is 11.0 Å². The van der Waals surface area contributed by atoms with Crippen LogP contribution in [0.5, 0.6) is 0 Å². The van der Waals surface area contributed by atoms with Gasteiger partial charge < -0.3 is 14.3 Å². The van der Waals surface area contributed by atoms with Gasteiger partial charge in [-0.15, -0.1) is 5.10 Å². The Balaban J connectivity index is 1.74. The molecule has 3 heterocycles. The van der Waals surface area contributed by atoms with Gasteiger partial charge >= 0.3 is 0 Å². The number of H-pyrrole nitrogens is 1. The maximum atomic E-state index is 13.1. The van der Waals surface area contributed by atoms with Gasteiger partial charge in [0.25, 0.3) is 5.91 Å². The molecule has 2 N–H and O–H groups in total. The first-order chi connectivity index (χ1) is 18.0. The van der Waals surface area contributed by atoms with Crippen LogP contribution in [-0.2, 0) is 13.0 Å². The lowest BCUT2D eigenvalue weighted by Crippen LogP contribution is -2.26. The van der Waals surface area contributed by atoms with Crippen molar-refractivity contribution in [1.82, 2.24) is 35.5 Å². The Morgan fingerprint density at radius 3 is 2.70 bits per heavy atom. The number of carbonyl (C=O) groups excluding carboxylic acids is 1. The molecule has 190 valence electrons. The summed E-state index contributed by atoms with van der Waals surface area (Å²) in [6.45, 7) is 4.87. The number of hydrogen-bond acceptors (Lipinski definition) is 6. The van der Waals surface area contributed by atoms with Gasteiger partial charge in [0.2, 0.25) is 0 Å². The van der Waals surface area contributed by atoms with Crippen LogP contribution in [0.1, 0.15) is 48.6 Å². The van der Waals surface area contributed by atoms with Gasteiger partial charge in [-0.2, -0.15) is 0 Å². The predicted octanol–water partition coefficient (Wildman–Crippen LogP) is 5.98. The monoisotopic (exact) mass is 581 g/mol. The standard InChI is InChI=1S/C26H25BrClN7O2/c1-3-5-10-20-30-24(28)23(26(36)29-4-2)35(20)13-18-15-11-12-37-14-19(15)22(27)21(18)16-8-6-7-9-17(16)25-31-33-34-32-25/h6-9,11-12,14H,3-5,10,13H2,1-2H3,(H,29,36)(H,31,32,33,34). The van der Waals surface area contributed by atoms with E-state index in [4.69, 9.17) is 16.0 Å². The number of aromatic nitrogens is 6. The third-order valence-electron chi connectivity index (χ3n) is 6.30. The zero-order valence-electron chi connectivity index (χ0n) is 20.4. The first-order valence-electron chi connectivity index (χ1n) is 12.1. The topological polar surface area (TPSA) is 115 Å². The molecule has 0 saturated heterocycles. The summed E-state index contributed by atoms with van der Waals surface area (Å²) in [6, 6.07) is 9.85. The fourth-order valence-corrected chi connectivity index (χ4v) is 5.66. The molecule has 0 spiro atoms. The second-order valence-electron chi connectivity index (χ2n) is 8.56. The Labute approximate surface area is 227 Å². The summed E-state index contributed by atoms with van der Waals surface area (Å²) >= 11 is 10.4. The van der Waals surface area contributed by atoms with Crippen LogP contribution in [0.25, 0.3) is 33.6 Å². The van der Waals surface area contributed by atoms with Gasteiger partial charge in [0, 0.05) is 34.1 Å². The quantitative estimate of drug-likeness (QED) is 0.221. The summed E-state index contributed by atoms with van der Waals surface area (Å²) in [5.41, 5.74) is 6.00. The number of hydrogen-bond donors (Lipinski definition) is 2. The zero-order chi connectivity index (χ0) is 25.9. The molecule has 0 unspecified atom stereocenters. The first kappa shape index (κ1) is 25.2. The normalized spacial score (nSPS) is 11.4. The summed E-state index contributed by atoms with van der Waals surface area (Å²) in [4.78, 5) is 17.7. The van der Waals surface area contributed by atoms with Crippen molar-refractivity contribution < 1.29 is 9.21 Å². The van der Waals surface area contributed by atoms with Gasteiger partial charge in [-0.3, -0.25) is 4.79 Å². The lowest BCUT2D eigenvalue weighted by atomic mass is 9.97. The van der Waals surface area contributed by atoms with Crippen molar-refractivity contribution in [3.63, 3.8) is 0 Å². The Morgan fingerprint density at radius 2 is 1.97 bits per heavy atom. The number of carbonyl (C=O) groups is 1. The number of unbranched alkanes of at least 4 members (excludes halogenated alkanes) is 1. The van der Waals surface area contributed by atoms with E-state index in [1.165, 1.54) is 0 Å². The average Bonchev–Trinajstić information content (AvgIpc) is 3.61. The molecule has 0 saturated carbocycles. The highest BCUT2D eigenvalue weighted by molar-refractivity contribution is 9.10. The van der Waals surface area contributed by atoms with E-state index in [1.807, 2.05) is 41.8 Å².